The Morgan fingerprint density at radius 3 is 1.83 bits per heavy atom. The van der Waals surface area contributed by atoms with Gasteiger partial charge < -0.3 is 9.42 Å². The first-order valence-electron chi connectivity index (χ1n) is 10.9. The third kappa shape index (κ3) is 6.27. The normalized spacial score (nSPS) is 11.1. The molecule has 3 aromatic carbocycles. The van der Waals surface area contributed by atoms with E-state index in [9.17, 15) is 9.59 Å². The largest absolute Gasteiger partial charge is 0.354 e. The summed E-state index contributed by atoms with van der Waals surface area (Å²) in [5.41, 5.74) is 3.13. The van der Waals surface area contributed by atoms with Crippen molar-refractivity contribution in [3.05, 3.63) is 117 Å². The third-order valence-electron chi connectivity index (χ3n) is 5.40. The topological polar surface area (TPSA) is 63.4 Å². The molecule has 35 heavy (non-hydrogen) atoms. The van der Waals surface area contributed by atoms with E-state index in [1.54, 1.807) is 66.4 Å². The summed E-state index contributed by atoms with van der Waals surface area (Å²) in [7, 11) is 0. The predicted molar refractivity (Wildman–Crippen MR) is 140 cm³/mol. The maximum Gasteiger partial charge on any atom is 0.183 e. The molecule has 1 aromatic heterocycles. The Hall–Kier alpha value is -3.67. The highest BCUT2D eigenvalue weighted by Crippen LogP contribution is 2.28. The minimum absolute atomic E-state index is 0.0464. The summed E-state index contributed by atoms with van der Waals surface area (Å²) in [5.74, 6) is 0.132. The highest BCUT2D eigenvalue weighted by atomic mass is 35.5. The molecule has 0 aliphatic rings. The van der Waals surface area contributed by atoms with Crippen molar-refractivity contribution in [3.8, 4) is 0 Å². The number of carbonyl (C=O) groups excluding carboxylic acids is 2. The Morgan fingerprint density at radius 1 is 0.800 bits per heavy atom. The molecular formula is C28H22Cl2N2O3. The molecule has 0 saturated carbocycles. The van der Waals surface area contributed by atoms with Crippen molar-refractivity contribution < 1.29 is 14.1 Å². The van der Waals surface area contributed by atoms with E-state index in [1.807, 2.05) is 36.4 Å². The number of aromatic nitrogens is 1. The molecule has 176 valence electrons. The molecule has 0 atom stereocenters. The van der Waals surface area contributed by atoms with Crippen molar-refractivity contribution in [1.29, 1.82) is 0 Å². The van der Waals surface area contributed by atoms with Crippen LogP contribution < -0.4 is 4.90 Å². The van der Waals surface area contributed by atoms with Crippen LogP contribution in [0.3, 0.4) is 0 Å². The summed E-state index contributed by atoms with van der Waals surface area (Å²) in [6.07, 6.45) is 3.68. The zero-order valence-electron chi connectivity index (χ0n) is 18.9. The van der Waals surface area contributed by atoms with E-state index in [2.05, 4.69) is 5.16 Å². The van der Waals surface area contributed by atoms with Crippen LogP contribution >= 0.6 is 23.2 Å². The van der Waals surface area contributed by atoms with Gasteiger partial charge >= 0.3 is 0 Å². The molecule has 0 amide bonds. The zero-order valence-corrected chi connectivity index (χ0v) is 20.5. The summed E-state index contributed by atoms with van der Waals surface area (Å²) in [4.78, 5) is 28.0. The number of carbonyl (C=O) groups is 2. The molecular weight excluding hydrogens is 483 g/mol. The highest BCUT2D eigenvalue weighted by molar-refractivity contribution is 6.31. The second-order valence-corrected chi connectivity index (χ2v) is 8.81. The van der Waals surface area contributed by atoms with E-state index in [0.717, 1.165) is 5.56 Å². The van der Waals surface area contributed by atoms with Crippen molar-refractivity contribution in [3.63, 3.8) is 0 Å². The first kappa shape index (κ1) is 24.5. The van der Waals surface area contributed by atoms with Gasteiger partial charge in [0.25, 0.3) is 0 Å². The average molecular weight is 505 g/mol. The number of nitrogens with zero attached hydrogens (tertiary/aromatic N) is 2. The quantitative estimate of drug-likeness (QED) is 0.229. The van der Waals surface area contributed by atoms with E-state index in [-0.39, 0.29) is 24.7 Å². The van der Waals surface area contributed by atoms with Gasteiger partial charge in [-0.15, -0.1) is 0 Å². The van der Waals surface area contributed by atoms with Crippen LogP contribution in [0.5, 0.6) is 0 Å². The lowest BCUT2D eigenvalue weighted by atomic mass is 10.1. The Bertz CT molecular complexity index is 1290. The first-order valence-corrected chi connectivity index (χ1v) is 11.7. The number of halogens is 2. The van der Waals surface area contributed by atoms with E-state index < -0.39 is 0 Å². The SMILES string of the molecule is Cc1noc(/C=C/c2ccccc2)c1N(CC(=O)c1ccc(Cl)cc1)CC(=O)c1ccc(Cl)cc1. The first-order chi connectivity index (χ1) is 16.9. The fraction of sp³-hybridized carbons (Fsp3) is 0.107. The number of anilines is 1. The van der Waals surface area contributed by atoms with Gasteiger partial charge in [0.05, 0.1) is 13.1 Å². The number of hydrogen-bond acceptors (Lipinski definition) is 5. The smallest absolute Gasteiger partial charge is 0.183 e. The molecule has 7 heteroatoms. The maximum atomic E-state index is 13.1. The van der Waals surface area contributed by atoms with Crippen LogP contribution in [-0.2, 0) is 0 Å². The van der Waals surface area contributed by atoms with Crippen LogP contribution in [0.4, 0.5) is 5.69 Å². The second-order valence-electron chi connectivity index (χ2n) is 7.94. The number of rotatable bonds is 9. The molecule has 1 heterocycles. The lowest BCUT2D eigenvalue weighted by Crippen LogP contribution is -2.35. The third-order valence-corrected chi connectivity index (χ3v) is 5.91. The van der Waals surface area contributed by atoms with Crippen LogP contribution in [0.2, 0.25) is 10.0 Å². The number of hydrogen-bond donors (Lipinski definition) is 0. The minimum Gasteiger partial charge on any atom is -0.354 e. The molecule has 0 fully saturated rings. The van der Waals surface area contributed by atoms with Crippen LogP contribution in [0.15, 0.2) is 83.4 Å². The van der Waals surface area contributed by atoms with Gasteiger partial charge in [-0.1, -0.05) is 64.8 Å². The van der Waals surface area contributed by atoms with Gasteiger partial charge in [-0.25, -0.2) is 0 Å². The predicted octanol–water partition coefficient (Wildman–Crippen LogP) is 7.03. The lowest BCUT2D eigenvalue weighted by Gasteiger charge is -2.23. The van der Waals surface area contributed by atoms with E-state index in [1.165, 1.54) is 0 Å². The Morgan fingerprint density at radius 2 is 1.31 bits per heavy atom. The highest BCUT2D eigenvalue weighted by Gasteiger charge is 2.24. The molecule has 0 aliphatic carbocycles. The van der Waals surface area contributed by atoms with Crippen LogP contribution in [-0.4, -0.2) is 29.8 Å². The van der Waals surface area contributed by atoms with E-state index >= 15 is 0 Å². The van der Waals surface area contributed by atoms with Gasteiger partial charge in [0.15, 0.2) is 17.3 Å². The van der Waals surface area contributed by atoms with Gasteiger partial charge in [0.2, 0.25) is 0 Å². The molecule has 0 N–H and O–H groups in total. The van der Waals surface area contributed by atoms with Crippen LogP contribution in [0, 0.1) is 6.92 Å². The van der Waals surface area contributed by atoms with Crippen molar-refractivity contribution in [1.82, 2.24) is 5.16 Å². The zero-order chi connectivity index (χ0) is 24.8. The number of ketones is 2. The van der Waals surface area contributed by atoms with Gasteiger partial charge in [-0.05, 0) is 67.1 Å². The molecule has 0 bridgehead atoms. The van der Waals surface area contributed by atoms with Crippen molar-refractivity contribution in [2.45, 2.75) is 6.92 Å². The molecule has 0 radical (unpaired) electrons. The summed E-state index contributed by atoms with van der Waals surface area (Å²) in [6, 6.07) is 23.1. The summed E-state index contributed by atoms with van der Waals surface area (Å²) < 4.78 is 5.57. The minimum atomic E-state index is -0.163. The van der Waals surface area contributed by atoms with Gasteiger partial charge in [0.1, 0.15) is 11.4 Å². The molecule has 0 spiro atoms. The van der Waals surface area contributed by atoms with Crippen LogP contribution in [0.1, 0.15) is 37.7 Å². The Balaban J connectivity index is 1.67. The van der Waals surface area contributed by atoms with Crippen molar-refractivity contribution >= 4 is 52.6 Å². The summed E-state index contributed by atoms with van der Waals surface area (Å²) >= 11 is 11.9. The van der Waals surface area contributed by atoms with Crippen molar-refractivity contribution in [2.24, 2.45) is 0 Å². The maximum absolute atomic E-state index is 13.1. The molecule has 5 nitrogen and oxygen atoms in total. The molecule has 0 unspecified atom stereocenters. The van der Waals surface area contributed by atoms with Crippen molar-refractivity contribution in [2.75, 3.05) is 18.0 Å². The second kappa shape index (κ2) is 11.2. The lowest BCUT2D eigenvalue weighted by molar-refractivity contribution is 0.0984. The Kier molecular flexibility index (Phi) is 7.80. The van der Waals surface area contributed by atoms with Crippen LogP contribution in [0.25, 0.3) is 12.2 Å². The molecule has 4 aromatic rings. The van der Waals surface area contributed by atoms with Gasteiger partial charge in [0, 0.05) is 21.2 Å². The summed E-state index contributed by atoms with van der Waals surface area (Å²) in [5, 5.41) is 5.19. The van der Waals surface area contributed by atoms with Gasteiger partial charge in [-0.2, -0.15) is 0 Å². The fourth-order valence-corrected chi connectivity index (χ4v) is 3.88. The van der Waals surface area contributed by atoms with E-state index in [0.29, 0.717) is 38.3 Å². The van der Waals surface area contributed by atoms with Gasteiger partial charge in [-0.3, -0.25) is 9.59 Å². The average Bonchev–Trinajstić information content (AvgIpc) is 3.23. The molecule has 0 saturated heterocycles. The Labute approximate surface area is 213 Å². The molecule has 0 aliphatic heterocycles. The standard InChI is InChI=1S/C28H22Cl2N2O3/c1-19-28(27(35-31-19)16-7-20-5-3-2-4-6-20)32(17-25(33)21-8-12-23(29)13-9-21)18-26(34)22-10-14-24(30)15-11-22/h2-16H,17-18H2,1H3/b16-7+. The summed E-state index contributed by atoms with van der Waals surface area (Å²) in [6.45, 7) is 1.69. The van der Waals surface area contributed by atoms with E-state index in [4.69, 9.17) is 27.7 Å². The number of aryl methyl sites for hydroxylation is 1. The number of Topliss-reactive ketones (excluding diaryl/α,β-unsaturated/α-hetero) is 2. The fourth-order valence-electron chi connectivity index (χ4n) is 3.63. The number of benzene rings is 3. The molecule has 4 rings (SSSR count). The monoisotopic (exact) mass is 504 g/mol.